The Kier molecular flexibility index (Phi) is 4.13. The smallest absolute Gasteiger partial charge is 0.315 e. The standard InChI is InChI=1S/C18H21N5O2/c1-12(2)10-23-11-13(9-20-23)8-19-18-22-21-17(25-18)16-7-14-5-3-4-6-15(14)24-16/h3-6,9,11-12,16H,7-8,10H2,1-2H3,(H,19,22). The van der Waals surface area contributed by atoms with Gasteiger partial charge in [0.1, 0.15) is 5.75 Å². The summed E-state index contributed by atoms with van der Waals surface area (Å²) < 4.78 is 13.5. The molecule has 0 bridgehead atoms. The summed E-state index contributed by atoms with van der Waals surface area (Å²) >= 11 is 0. The molecule has 7 heteroatoms. The number of rotatable bonds is 6. The van der Waals surface area contributed by atoms with Crippen molar-refractivity contribution in [1.82, 2.24) is 20.0 Å². The Morgan fingerprint density at radius 2 is 2.16 bits per heavy atom. The molecule has 0 saturated carbocycles. The lowest BCUT2D eigenvalue weighted by Gasteiger charge is -2.04. The zero-order valence-corrected chi connectivity index (χ0v) is 14.3. The average molecular weight is 339 g/mol. The second-order valence-electron chi connectivity index (χ2n) is 6.68. The molecule has 1 unspecified atom stereocenters. The third-order valence-electron chi connectivity index (χ3n) is 4.05. The lowest BCUT2D eigenvalue weighted by Crippen LogP contribution is -2.04. The maximum absolute atomic E-state index is 5.87. The highest BCUT2D eigenvalue weighted by molar-refractivity contribution is 5.38. The molecular formula is C18H21N5O2. The van der Waals surface area contributed by atoms with Crippen molar-refractivity contribution in [2.75, 3.05) is 5.32 Å². The van der Waals surface area contributed by atoms with E-state index in [1.54, 1.807) is 0 Å². The van der Waals surface area contributed by atoms with Crippen LogP contribution in [0.5, 0.6) is 5.75 Å². The summed E-state index contributed by atoms with van der Waals surface area (Å²) in [6, 6.07) is 8.37. The third kappa shape index (κ3) is 3.50. The number of fused-ring (bicyclic) bond motifs is 1. The largest absolute Gasteiger partial charge is 0.480 e. The van der Waals surface area contributed by atoms with Crippen LogP contribution in [-0.2, 0) is 19.5 Å². The predicted octanol–water partition coefficient (Wildman–Crippen LogP) is 3.21. The molecule has 3 aromatic rings. The predicted molar refractivity (Wildman–Crippen MR) is 92.2 cm³/mol. The van der Waals surface area contributed by atoms with Gasteiger partial charge in [-0.05, 0) is 17.5 Å². The van der Waals surface area contributed by atoms with Crippen LogP contribution in [-0.4, -0.2) is 20.0 Å². The van der Waals surface area contributed by atoms with Crippen LogP contribution in [0.2, 0.25) is 0 Å². The topological polar surface area (TPSA) is 78.0 Å². The van der Waals surface area contributed by atoms with Crippen LogP contribution >= 0.6 is 0 Å². The van der Waals surface area contributed by atoms with E-state index < -0.39 is 0 Å². The van der Waals surface area contributed by atoms with Gasteiger partial charge in [-0.1, -0.05) is 37.1 Å². The number of para-hydroxylation sites is 1. The fraction of sp³-hybridized carbons (Fsp3) is 0.389. The van der Waals surface area contributed by atoms with Crippen molar-refractivity contribution in [1.29, 1.82) is 0 Å². The molecule has 0 amide bonds. The van der Waals surface area contributed by atoms with Crippen molar-refractivity contribution in [3.63, 3.8) is 0 Å². The lowest BCUT2D eigenvalue weighted by molar-refractivity contribution is 0.199. The molecule has 7 nitrogen and oxygen atoms in total. The first-order valence-corrected chi connectivity index (χ1v) is 8.50. The molecule has 1 aromatic carbocycles. The van der Waals surface area contributed by atoms with Crippen LogP contribution < -0.4 is 10.1 Å². The monoisotopic (exact) mass is 339 g/mol. The number of aromatic nitrogens is 4. The summed E-state index contributed by atoms with van der Waals surface area (Å²) in [4.78, 5) is 0. The quantitative estimate of drug-likeness (QED) is 0.743. The Bertz CT molecular complexity index is 830. The van der Waals surface area contributed by atoms with Gasteiger partial charge in [-0.2, -0.15) is 5.10 Å². The highest BCUT2D eigenvalue weighted by Gasteiger charge is 2.28. The molecule has 1 aliphatic rings. The van der Waals surface area contributed by atoms with Crippen molar-refractivity contribution >= 4 is 6.01 Å². The minimum atomic E-state index is -0.214. The summed E-state index contributed by atoms with van der Waals surface area (Å²) in [5, 5.41) is 15.7. The van der Waals surface area contributed by atoms with Crippen molar-refractivity contribution in [2.24, 2.45) is 5.92 Å². The molecule has 0 radical (unpaired) electrons. The molecular weight excluding hydrogens is 318 g/mol. The second-order valence-corrected chi connectivity index (χ2v) is 6.68. The summed E-state index contributed by atoms with van der Waals surface area (Å²) in [6.07, 6.45) is 4.42. The second kappa shape index (κ2) is 6.58. The van der Waals surface area contributed by atoms with E-state index in [0.29, 0.717) is 24.4 Å². The number of nitrogens with one attached hydrogen (secondary N) is 1. The van der Waals surface area contributed by atoms with Crippen LogP contribution in [0.3, 0.4) is 0 Å². The van der Waals surface area contributed by atoms with Crippen molar-refractivity contribution < 1.29 is 9.15 Å². The minimum Gasteiger partial charge on any atom is -0.480 e. The highest BCUT2D eigenvalue weighted by atomic mass is 16.5. The molecule has 0 aliphatic carbocycles. The van der Waals surface area contributed by atoms with E-state index in [2.05, 4.69) is 40.5 Å². The number of ether oxygens (including phenoxy) is 1. The first kappa shape index (κ1) is 15.7. The summed E-state index contributed by atoms with van der Waals surface area (Å²) in [6.45, 7) is 5.83. The highest BCUT2D eigenvalue weighted by Crippen LogP contribution is 2.36. The van der Waals surface area contributed by atoms with Gasteiger partial charge in [0.2, 0.25) is 0 Å². The fourth-order valence-corrected chi connectivity index (χ4v) is 2.91. The van der Waals surface area contributed by atoms with E-state index >= 15 is 0 Å². The van der Waals surface area contributed by atoms with Gasteiger partial charge in [0, 0.05) is 31.3 Å². The molecule has 1 N–H and O–H groups in total. The molecule has 4 rings (SSSR count). The number of nitrogens with zero attached hydrogens (tertiary/aromatic N) is 4. The molecule has 1 aliphatic heterocycles. The first-order valence-electron chi connectivity index (χ1n) is 8.50. The van der Waals surface area contributed by atoms with Crippen LogP contribution in [0.25, 0.3) is 0 Å². The fourth-order valence-electron chi connectivity index (χ4n) is 2.91. The van der Waals surface area contributed by atoms with Gasteiger partial charge in [-0.3, -0.25) is 4.68 Å². The van der Waals surface area contributed by atoms with Gasteiger partial charge in [0.05, 0.1) is 6.20 Å². The van der Waals surface area contributed by atoms with Gasteiger partial charge in [-0.15, -0.1) is 5.10 Å². The van der Waals surface area contributed by atoms with E-state index in [9.17, 15) is 0 Å². The third-order valence-corrected chi connectivity index (χ3v) is 4.05. The molecule has 1 atom stereocenters. The Hall–Kier alpha value is -2.83. The molecule has 3 heterocycles. The normalized spacial score (nSPS) is 16.0. The SMILES string of the molecule is CC(C)Cn1cc(CNc2nnc(C3Cc4ccccc4O3)o2)cn1. The van der Waals surface area contributed by atoms with Crippen molar-refractivity contribution in [3.05, 3.63) is 53.7 Å². The van der Waals surface area contributed by atoms with Crippen molar-refractivity contribution in [3.8, 4) is 5.75 Å². The van der Waals surface area contributed by atoms with E-state index in [4.69, 9.17) is 9.15 Å². The van der Waals surface area contributed by atoms with Crippen LogP contribution in [0.4, 0.5) is 6.01 Å². The zero-order valence-electron chi connectivity index (χ0n) is 14.3. The van der Waals surface area contributed by atoms with Gasteiger partial charge in [0.15, 0.2) is 6.10 Å². The maximum Gasteiger partial charge on any atom is 0.315 e. The van der Waals surface area contributed by atoms with Crippen LogP contribution in [0.1, 0.15) is 37.0 Å². The summed E-state index contributed by atoms with van der Waals surface area (Å²) in [5.74, 6) is 1.95. The number of anilines is 1. The van der Waals surface area contributed by atoms with Crippen LogP contribution in [0, 0.1) is 5.92 Å². The Morgan fingerprint density at radius 3 is 3.00 bits per heavy atom. The van der Waals surface area contributed by atoms with Crippen molar-refractivity contribution in [2.45, 2.75) is 39.5 Å². The first-order chi connectivity index (χ1) is 12.2. The number of benzene rings is 1. The Morgan fingerprint density at radius 1 is 1.28 bits per heavy atom. The van der Waals surface area contributed by atoms with E-state index in [-0.39, 0.29) is 6.10 Å². The summed E-state index contributed by atoms with van der Waals surface area (Å²) in [5.41, 5.74) is 2.24. The van der Waals surface area contributed by atoms with E-state index in [1.807, 2.05) is 35.3 Å². The van der Waals surface area contributed by atoms with Gasteiger partial charge >= 0.3 is 6.01 Å². The molecule has 0 saturated heterocycles. The molecule has 130 valence electrons. The van der Waals surface area contributed by atoms with Gasteiger partial charge < -0.3 is 14.5 Å². The lowest BCUT2D eigenvalue weighted by atomic mass is 10.1. The molecule has 0 spiro atoms. The molecule has 0 fully saturated rings. The van der Waals surface area contributed by atoms with Gasteiger partial charge in [-0.25, -0.2) is 0 Å². The number of hydrogen-bond donors (Lipinski definition) is 1. The molecule has 25 heavy (non-hydrogen) atoms. The summed E-state index contributed by atoms with van der Waals surface area (Å²) in [7, 11) is 0. The number of hydrogen-bond acceptors (Lipinski definition) is 6. The average Bonchev–Trinajstić information content (AvgIpc) is 3.31. The maximum atomic E-state index is 5.87. The zero-order chi connectivity index (χ0) is 17.2. The Labute approximate surface area is 146 Å². The van der Waals surface area contributed by atoms with Gasteiger partial charge in [0.25, 0.3) is 5.89 Å². The van der Waals surface area contributed by atoms with E-state index in [0.717, 1.165) is 29.8 Å². The minimum absolute atomic E-state index is 0.214. The molecule has 2 aromatic heterocycles. The Balaban J connectivity index is 1.35. The van der Waals surface area contributed by atoms with E-state index in [1.165, 1.54) is 0 Å². The van der Waals surface area contributed by atoms with Crippen LogP contribution in [0.15, 0.2) is 41.1 Å².